The molecule has 0 radical (unpaired) electrons. The third-order valence-electron chi connectivity index (χ3n) is 4.70. The van der Waals surface area contributed by atoms with Crippen LogP contribution in [0.15, 0.2) is 40.2 Å². The van der Waals surface area contributed by atoms with Gasteiger partial charge in [-0.2, -0.15) is 0 Å². The minimum atomic E-state index is -0.664. The number of carbonyl (C=O) groups excluding carboxylic acids is 3. The molecule has 3 rings (SSSR count). The first kappa shape index (κ1) is 21.4. The quantitative estimate of drug-likeness (QED) is 0.728. The monoisotopic (exact) mass is 481 g/mol. The van der Waals surface area contributed by atoms with Gasteiger partial charge < -0.3 is 15.1 Å². The summed E-state index contributed by atoms with van der Waals surface area (Å²) in [7, 11) is 0. The Labute approximate surface area is 180 Å². The van der Waals surface area contributed by atoms with Gasteiger partial charge in [-0.1, -0.05) is 0 Å². The molecule has 1 N–H and O–H groups in total. The molecule has 0 bridgehead atoms. The summed E-state index contributed by atoms with van der Waals surface area (Å²) < 4.78 is 13.9. The number of nitrogens with one attached hydrogen (secondary N) is 1. The third kappa shape index (κ3) is 5.42. The van der Waals surface area contributed by atoms with Crippen molar-refractivity contribution in [3.63, 3.8) is 0 Å². The normalized spacial score (nSPS) is 15.6. The van der Waals surface area contributed by atoms with Gasteiger partial charge in [0.1, 0.15) is 11.9 Å². The van der Waals surface area contributed by atoms with Crippen LogP contribution in [0.1, 0.15) is 33.4 Å². The van der Waals surface area contributed by atoms with E-state index in [2.05, 4.69) is 21.2 Å². The number of carbonyl (C=O) groups is 3. The van der Waals surface area contributed by atoms with E-state index in [0.29, 0.717) is 43.0 Å². The van der Waals surface area contributed by atoms with E-state index in [1.54, 1.807) is 28.9 Å². The van der Waals surface area contributed by atoms with Crippen LogP contribution in [0.25, 0.3) is 0 Å². The summed E-state index contributed by atoms with van der Waals surface area (Å²) >= 11 is 4.62. The maximum absolute atomic E-state index is 13.1. The second-order valence-electron chi connectivity index (χ2n) is 6.78. The highest BCUT2D eigenvalue weighted by Gasteiger charge is 2.26. The first-order chi connectivity index (χ1) is 13.8. The van der Waals surface area contributed by atoms with Gasteiger partial charge in [0.25, 0.3) is 11.8 Å². The van der Waals surface area contributed by atoms with Gasteiger partial charge in [-0.05, 0) is 65.7 Å². The molecule has 2 aromatic rings. The van der Waals surface area contributed by atoms with E-state index in [4.69, 9.17) is 0 Å². The van der Waals surface area contributed by atoms with Crippen molar-refractivity contribution in [2.75, 3.05) is 26.2 Å². The number of halogens is 2. The SMILES string of the molecule is CC(NC(=O)c1ccc(Br)s1)C(=O)N1CCCN(C(=O)c2ccc(F)cc2)CC1. The molecule has 1 unspecified atom stereocenters. The Bertz CT molecular complexity index is 903. The van der Waals surface area contributed by atoms with Gasteiger partial charge in [0.05, 0.1) is 8.66 Å². The summed E-state index contributed by atoms with van der Waals surface area (Å²) in [6.45, 7) is 3.47. The van der Waals surface area contributed by atoms with Crippen molar-refractivity contribution < 1.29 is 18.8 Å². The van der Waals surface area contributed by atoms with Crippen molar-refractivity contribution in [3.05, 3.63) is 56.4 Å². The van der Waals surface area contributed by atoms with Crippen LogP contribution in [0, 0.1) is 5.82 Å². The summed E-state index contributed by atoms with van der Waals surface area (Å²) in [6, 6.07) is 8.27. The average molecular weight is 482 g/mol. The number of hydrogen-bond acceptors (Lipinski definition) is 4. The van der Waals surface area contributed by atoms with E-state index in [1.807, 2.05) is 0 Å². The maximum Gasteiger partial charge on any atom is 0.262 e. The fourth-order valence-corrected chi connectivity index (χ4v) is 4.44. The van der Waals surface area contributed by atoms with E-state index in [9.17, 15) is 18.8 Å². The summed E-state index contributed by atoms with van der Waals surface area (Å²) in [4.78, 5) is 41.5. The fraction of sp³-hybridized carbons (Fsp3) is 0.350. The van der Waals surface area contributed by atoms with Crippen LogP contribution in [-0.4, -0.2) is 59.7 Å². The zero-order chi connectivity index (χ0) is 21.0. The van der Waals surface area contributed by atoms with Crippen molar-refractivity contribution in [2.45, 2.75) is 19.4 Å². The van der Waals surface area contributed by atoms with E-state index in [0.717, 1.165) is 3.79 Å². The van der Waals surface area contributed by atoms with Crippen LogP contribution in [0.4, 0.5) is 4.39 Å². The molecule has 0 aliphatic carbocycles. The lowest BCUT2D eigenvalue weighted by atomic mass is 10.2. The van der Waals surface area contributed by atoms with E-state index >= 15 is 0 Å². The number of benzene rings is 1. The Morgan fingerprint density at radius 3 is 2.34 bits per heavy atom. The lowest BCUT2D eigenvalue weighted by Crippen LogP contribution is -2.48. The molecule has 1 aromatic heterocycles. The van der Waals surface area contributed by atoms with Crippen LogP contribution >= 0.6 is 27.3 Å². The standard InChI is InChI=1S/C20H21BrFN3O3S/c1-13(23-18(26)16-7-8-17(21)29-16)19(27)24-9-2-10-25(12-11-24)20(28)14-3-5-15(22)6-4-14/h3-8,13H,2,9-12H2,1H3,(H,23,26). The van der Waals surface area contributed by atoms with E-state index in [1.165, 1.54) is 35.6 Å². The van der Waals surface area contributed by atoms with Crippen molar-refractivity contribution >= 4 is 45.0 Å². The molecular formula is C20H21BrFN3O3S. The number of rotatable bonds is 4. The highest BCUT2D eigenvalue weighted by molar-refractivity contribution is 9.11. The number of amides is 3. The first-order valence-corrected chi connectivity index (χ1v) is 10.9. The Kier molecular flexibility index (Phi) is 7.02. The van der Waals surface area contributed by atoms with E-state index < -0.39 is 6.04 Å². The number of thiophene rings is 1. The van der Waals surface area contributed by atoms with Crippen LogP contribution < -0.4 is 5.32 Å². The van der Waals surface area contributed by atoms with Crippen molar-refractivity contribution in [2.24, 2.45) is 0 Å². The van der Waals surface area contributed by atoms with Gasteiger partial charge in [0.15, 0.2) is 0 Å². The summed E-state index contributed by atoms with van der Waals surface area (Å²) in [5.74, 6) is -1.03. The van der Waals surface area contributed by atoms with Crippen LogP contribution in [-0.2, 0) is 4.79 Å². The predicted molar refractivity (Wildman–Crippen MR) is 112 cm³/mol. The molecule has 1 saturated heterocycles. The molecule has 154 valence electrons. The van der Waals surface area contributed by atoms with Crippen LogP contribution in [0.2, 0.25) is 0 Å². The molecule has 1 fully saturated rings. The Morgan fingerprint density at radius 2 is 1.69 bits per heavy atom. The predicted octanol–water partition coefficient (Wildman–Crippen LogP) is 3.14. The summed E-state index contributed by atoms with van der Waals surface area (Å²) in [5, 5.41) is 2.74. The molecule has 1 atom stereocenters. The average Bonchev–Trinajstić information content (AvgIpc) is 2.99. The maximum atomic E-state index is 13.1. The molecule has 1 aliphatic heterocycles. The van der Waals surface area contributed by atoms with Crippen molar-refractivity contribution in [3.8, 4) is 0 Å². The summed E-state index contributed by atoms with van der Waals surface area (Å²) in [6.07, 6.45) is 0.636. The molecule has 2 heterocycles. The molecule has 29 heavy (non-hydrogen) atoms. The zero-order valence-corrected chi connectivity index (χ0v) is 18.3. The highest BCUT2D eigenvalue weighted by atomic mass is 79.9. The van der Waals surface area contributed by atoms with Crippen molar-refractivity contribution in [1.29, 1.82) is 0 Å². The molecular weight excluding hydrogens is 461 g/mol. The van der Waals surface area contributed by atoms with E-state index in [-0.39, 0.29) is 23.5 Å². The van der Waals surface area contributed by atoms with Crippen LogP contribution in [0.5, 0.6) is 0 Å². The van der Waals surface area contributed by atoms with Gasteiger partial charge in [0, 0.05) is 31.7 Å². The van der Waals surface area contributed by atoms with Crippen LogP contribution in [0.3, 0.4) is 0 Å². The second kappa shape index (κ2) is 9.49. The molecule has 3 amide bonds. The molecule has 9 heteroatoms. The second-order valence-corrected chi connectivity index (χ2v) is 9.24. The van der Waals surface area contributed by atoms with Gasteiger partial charge in [0.2, 0.25) is 5.91 Å². The largest absolute Gasteiger partial charge is 0.340 e. The zero-order valence-electron chi connectivity index (χ0n) is 15.9. The Hall–Kier alpha value is -2.26. The minimum Gasteiger partial charge on any atom is -0.340 e. The molecule has 0 saturated carbocycles. The molecule has 1 aliphatic rings. The minimum absolute atomic E-state index is 0.176. The third-order valence-corrected chi connectivity index (χ3v) is 6.32. The van der Waals surface area contributed by atoms with Gasteiger partial charge in [-0.25, -0.2) is 4.39 Å². The number of nitrogens with zero attached hydrogens (tertiary/aromatic N) is 2. The lowest BCUT2D eigenvalue weighted by molar-refractivity contribution is -0.132. The smallest absolute Gasteiger partial charge is 0.262 e. The van der Waals surface area contributed by atoms with Gasteiger partial charge in [-0.3, -0.25) is 14.4 Å². The van der Waals surface area contributed by atoms with Gasteiger partial charge >= 0.3 is 0 Å². The molecule has 1 aromatic carbocycles. The Morgan fingerprint density at radius 1 is 1.03 bits per heavy atom. The topological polar surface area (TPSA) is 69.7 Å². The lowest BCUT2D eigenvalue weighted by Gasteiger charge is -2.25. The fourth-order valence-electron chi connectivity index (χ4n) is 3.16. The Balaban J connectivity index is 1.56. The van der Waals surface area contributed by atoms with Gasteiger partial charge in [-0.15, -0.1) is 11.3 Å². The molecule has 0 spiro atoms. The first-order valence-electron chi connectivity index (χ1n) is 9.25. The van der Waals surface area contributed by atoms with Crippen molar-refractivity contribution in [1.82, 2.24) is 15.1 Å². The summed E-state index contributed by atoms with van der Waals surface area (Å²) in [5.41, 5.74) is 0.425. The number of hydrogen-bond donors (Lipinski definition) is 1. The highest BCUT2D eigenvalue weighted by Crippen LogP contribution is 2.22. The molecule has 6 nitrogen and oxygen atoms in total.